The summed E-state index contributed by atoms with van der Waals surface area (Å²) < 4.78 is 0. The van der Waals surface area contributed by atoms with Gasteiger partial charge in [0.25, 0.3) is 0 Å². The highest BCUT2D eigenvalue weighted by Gasteiger charge is 2.33. The number of piperidine rings is 1. The molecule has 170 valence electrons. The maximum atomic E-state index is 12.9. The summed E-state index contributed by atoms with van der Waals surface area (Å²) in [6, 6.07) is 7.39. The number of amides is 3. The first-order valence-corrected chi connectivity index (χ1v) is 11.5. The van der Waals surface area contributed by atoms with Crippen LogP contribution in [0.4, 0.5) is 0 Å². The number of nitrogens with zero attached hydrogens (tertiary/aromatic N) is 1. The molecule has 2 heterocycles. The maximum absolute atomic E-state index is 12.9. The summed E-state index contributed by atoms with van der Waals surface area (Å²) in [4.78, 5) is 40.0. The van der Waals surface area contributed by atoms with Gasteiger partial charge in [-0.2, -0.15) is 0 Å². The van der Waals surface area contributed by atoms with E-state index in [0.29, 0.717) is 32.5 Å². The Kier molecular flexibility index (Phi) is 8.07. The molecule has 0 aliphatic carbocycles. The Labute approximate surface area is 185 Å². The summed E-state index contributed by atoms with van der Waals surface area (Å²) in [5.41, 5.74) is 2.20. The summed E-state index contributed by atoms with van der Waals surface area (Å²) in [7, 11) is 0. The van der Waals surface area contributed by atoms with Gasteiger partial charge in [0.1, 0.15) is 6.04 Å². The molecular formula is C24H36N4O3. The van der Waals surface area contributed by atoms with Crippen LogP contribution in [0.25, 0.3) is 0 Å². The zero-order valence-corrected chi connectivity index (χ0v) is 18.9. The van der Waals surface area contributed by atoms with Gasteiger partial charge in [0.05, 0.1) is 6.04 Å². The fourth-order valence-corrected chi connectivity index (χ4v) is 4.29. The zero-order chi connectivity index (χ0) is 22.4. The first-order chi connectivity index (χ1) is 14.8. The second-order valence-corrected chi connectivity index (χ2v) is 9.18. The molecule has 2 atom stereocenters. The number of rotatable bonds is 7. The zero-order valence-electron chi connectivity index (χ0n) is 18.9. The van der Waals surface area contributed by atoms with Crippen LogP contribution in [0.15, 0.2) is 24.3 Å². The Morgan fingerprint density at radius 2 is 1.77 bits per heavy atom. The highest BCUT2D eigenvalue weighted by Crippen LogP contribution is 2.20. The lowest BCUT2D eigenvalue weighted by Gasteiger charge is -2.34. The smallest absolute Gasteiger partial charge is 0.243 e. The van der Waals surface area contributed by atoms with E-state index >= 15 is 0 Å². The molecule has 0 spiro atoms. The maximum Gasteiger partial charge on any atom is 0.243 e. The van der Waals surface area contributed by atoms with Crippen molar-refractivity contribution in [1.82, 2.24) is 20.9 Å². The molecular weight excluding hydrogens is 392 g/mol. The van der Waals surface area contributed by atoms with Crippen LogP contribution in [0.1, 0.15) is 50.7 Å². The number of carbonyl (C=O) groups excluding carboxylic acids is 3. The third kappa shape index (κ3) is 6.29. The van der Waals surface area contributed by atoms with Gasteiger partial charge in [-0.15, -0.1) is 0 Å². The van der Waals surface area contributed by atoms with Crippen LogP contribution in [0.2, 0.25) is 0 Å². The molecule has 0 saturated carbocycles. The number of likely N-dealkylation sites (tertiary alicyclic amines) is 1. The van der Waals surface area contributed by atoms with Gasteiger partial charge in [-0.1, -0.05) is 43.7 Å². The van der Waals surface area contributed by atoms with Crippen LogP contribution in [0, 0.1) is 18.8 Å². The van der Waals surface area contributed by atoms with Gasteiger partial charge in [-0.25, -0.2) is 0 Å². The summed E-state index contributed by atoms with van der Waals surface area (Å²) in [6.45, 7) is 8.44. The molecule has 0 radical (unpaired) electrons. The molecule has 0 unspecified atom stereocenters. The van der Waals surface area contributed by atoms with Crippen molar-refractivity contribution in [2.45, 2.75) is 65.1 Å². The van der Waals surface area contributed by atoms with E-state index in [1.807, 2.05) is 49.9 Å². The lowest BCUT2D eigenvalue weighted by atomic mass is 9.94. The minimum atomic E-state index is -0.569. The van der Waals surface area contributed by atoms with Gasteiger partial charge in [-0.05, 0) is 50.6 Å². The van der Waals surface area contributed by atoms with E-state index in [1.165, 1.54) is 5.56 Å². The van der Waals surface area contributed by atoms with Gasteiger partial charge in [0, 0.05) is 25.6 Å². The summed E-state index contributed by atoms with van der Waals surface area (Å²) in [5.74, 6) is -0.269. The molecule has 3 amide bonds. The van der Waals surface area contributed by atoms with Gasteiger partial charge in [-0.3, -0.25) is 14.4 Å². The van der Waals surface area contributed by atoms with E-state index < -0.39 is 6.04 Å². The predicted molar refractivity (Wildman–Crippen MR) is 120 cm³/mol. The first-order valence-electron chi connectivity index (χ1n) is 11.5. The predicted octanol–water partition coefficient (Wildman–Crippen LogP) is 1.74. The van der Waals surface area contributed by atoms with Crippen molar-refractivity contribution in [2.75, 3.05) is 19.6 Å². The van der Waals surface area contributed by atoms with E-state index in [1.54, 1.807) is 0 Å². The van der Waals surface area contributed by atoms with E-state index in [0.717, 1.165) is 24.9 Å². The monoisotopic (exact) mass is 428 g/mol. The van der Waals surface area contributed by atoms with Gasteiger partial charge in [0.2, 0.25) is 17.7 Å². The SMILES string of the molecule is Cc1ccc(CNC(=O)[C@@H](NC(=O)C2CCN(C(=O)[C@H]3CCCN3)CC2)C(C)C)cc1. The van der Waals surface area contributed by atoms with Crippen LogP contribution in [-0.4, -0.2) is 54.3 Å². The Bertz CT molecular complexity index is 764. The van der Waals surface area contributed by atoms with E-state index in [4.69, 9.17) is 0 Å². The molecule has 1 aromatic carbocycles. The Morgan fingerprint density at radius 3 is 2.35 bits per heavy atom. The second-order valence-electron chi connectivity index (χ2n) is 9.18. The lowest BCUT2D eigenvalue weighted by molar-refractivity contribution is -0.138. The molecule has 0 aromatic heterocycles. The summed E-state index contributed by atoms with van der Waals surface area (Å²) >= 11 is 0. The molecule has 1 aromatic rings. The van der Waals surface area contributed by atoms with Gasteiger partial charge in [0.15, 0.2) is 0 Å². The number of nitrogens with one attached hydrogen (secondary N) is 3. The first kappa shape index (κ1) is 23.3. The summed E-state index contributed by atoms with van der Waals surface area (Å²) in [6.07, 6.45) is 3.21. The van der Waals surface area contributed by atoms with Crippen LogP contribution >= 0.6 is 0 Å². The molecule has 31 heavy (non-hydrogen) atoms. The quantitative estimate of drug-likeness (QED) is 0.617. The fraction of sp³-hybridized carbons (Fsp3) is 0.625. The van der Waals surface area contributed by atoms with Crippen LogP contribution in [0.3, 0.4) is 0 Å². The highest BCUT2D eigenvalue weighted by atomic mass is 16.2. The molecule has 2 aliphatic rings. The van der Waals surface area contributed by atoms with Crippen molar-refractivity contribution in [3.8, 4) is 0 Å². The van der Waals surface area contributed by atoms with Crippen molar-refractivity contribution < 1.29 is 14.4 Å². The summed E-state index contributed by atoms with van der Waals surface area (Å²) in [5, 5.41) is 9.16. The normalized spacial score (nSPS) is 20.5. The largest absolute Gasteiger partial charge is 0.350 e. The molecule has 3 rings (SSSR count). The molecule has 7 heteroatoms. The fourth-order valence-electron chi connectivity index (χ4n) is 4.29. The molecule has 7 nitrogen and oxygen atoms in total. The van der Waals surface area contributed by atoms with Crippen molar-refractivity contribution in [2.24, 2.45) is 11.8 Å². The number of carbonyl (C=O) groups is 3. The third-order valence-electron chi connectivity index (χ3n) is 6.37. The molecule has 2 aliphatic heterocycles. The van der Waals surface area contributed by atoms with E-state index in [-0.39, 0.29) is 35.6 Å². The van der Waals surface area contributed by atoms with Gasteiger partial charge < -0.3 is 20.9 Å². The number of benzene rings is 1. The minimum absolute atomic E-state index is 0.0166. The lowest BCUT2D eigenvalue weighted by Crippen LogP contribution is -2.53. The Hall–Kier alpha value is -2.41. The Balaban J connectivity index is 1.48. The average molecular weight is 429 g/mol. The molecule has 2 fully saturated rings. The van der Waals surface area contributed by atoms with Crippen molar-refractivity contribution >= 4 is 17.7 Å². The Morgan fingerprint density at radius 1 is 1.10 bits per heavy atom. The second kappa shape index (κ2) is 10.8. The minimum Gasteiger partial charge on any atom is -0.350 e. The average Bonchev–Trinajstić information content (AvgIpc) is 3.31. The van der Waals surface area contributed by atoms with Gasteiger partial charge >= 0.3 is 0 Å². The van der Waals surface area contributed by atoms with Crippen LogP contribution in [0.5, 0.6) is 0 Å². The van der Waals surface area contributed by atoms with Crippen LogP contribution in [-0.2, 0) is 20.9 Å². The third-order valence-corrected chi connectivity index (χ3v) is 6.37. The van der Waals surface area contributed by atoms with Crippen molar-refractivity contribution in [3.63, 3.8) is 0 Å². The molecule has 3 N–H and O–H groups in total. The number of aryl methyl sites for hydroxylation is 1. The van der Waals surface area contributed by atoms with Crippen molar-refractivity contribution in [1.29, 1.82) is 0 Å². The van der Waals surface area contributed by atoms with E-state index in [2.05, 4.69) is 16.0 Å². The van der Waals surface area contributed by atoms with Crippen LogP contribution < -0.4 is 16.0 Å². The van der Waals surface area contributed by atoms with E-state index in [9.17, 15) is 14.4 Å². The topological polar surface area (TPSA) is 90.5 Å². The van der Waals surface area contributed by atoms with Crippen molar-refractivity contribution in [3.05, 3.63) is 35.4 Å². The molecule has 2 saturated heterocycles. The molecule has 0 bridgehead atoms. The number of hydrogen-bond donors (Lipinski definition) is 3. The number of hydrogen-bond acceptors (Lipinski definition) is 4. The standard InChI is InChI=1S/C24H36N4O3/c1-16(2)21(23(30)26-15-18-8-6-17(3)7-9-18)27-22(29)19-10-13-28(14-11-19)24(31)20-5-4-12-25-20/h6-9,16,19-21,25H,4-5,10-15H2,1-3H3,(H,26,30)(H,27,29)/t20-,21+/m1/s1. The highest BCUT2D eigenvalue weighted by molar-refractivity contribution is 5.89.